The van der Waals surface area contributed by atoms with Gasteiger partial charge in [0.05, 0.1) is 0 Å². The van der Waals surface area contributed by atoms with E-state index in [0.29, 0.717) is 11.8 Å². The van der Waals surface area contributed by atoms with E-state index in [1.54, 1.807) is 0 Å². The summed E-state index contributed by atoms with van der Waals surface area (Å²) in [4.78, 5) is 0. The van der Waals surface area contributed by atoms with Crippen LogP contribution in [-0.4, -0.2) is 0 Å². The molecule has 0 heterocycles. The average Bonchev–Trinajstić information content (AvgIpc) is 2.25. The summed E-state index contributed by atoms with van der Waals surface area (Å²) in [5, 5.41) is 0. The summed E-state index contributed by atoms with van der Waals surface area (Å²) in [6.45, 7) is 6.76. The molecule has 2 N–H and O–H groups in total. The van der Waals surface area contributed by atoms with E-state index < -0.39 is 0 Å². The molecule has 1 saturated carbocycles. The van der Waals surface area contributed by atoms with Gasteiger partial charge in [0.1, 0.15) is 0 Å². The Morgan fingerprint density at radius 3 is 2.41 bits per heavy atom. The molecule has 1 aromatic rings. The Hall–Kier alpha value is -0.820. The third-order valence-corrected chi connectivity index (χ3v) is 4.49. The molecule has 17 heavy (non-hydrogen) atoms. The van der Waals surface area contributed by atoms with Crippen molar-refractivity contribution in [3.8, 4) is 0 Å². The van der Waals surface area contributed by atoms with Crippen LogP contribution in [0.15, 0.2) is 24.3 Å². The lowest BCUT2D eigenvalue weighted by molar-refractivity contribution is 0.351. The fourth-order valence-electron chi connectivity index (χ4n) is 2.48. The van der Waals surface area contributed by atoms with Crippen molar-refractivity contribution in [1.82, 2.24) is 0 Å². The summed E-state index contributed by atoms with van der Waals surface area (Å²) in [5.74, 6) is 1.97. The maximum Gasteiger partial charge on any atom is 0.0323 e. The van der Waals surface area contributed by atoms with E-state index in [0.717, 1.165) is 5.92 Å². The summed E-state index contributed by atoms with van der Waals surface area (Å²) in [6.07, 6.45) is 4.11. The van der Waals surface area contributed by atoms with Crippen LogP contribution >= 0.6 is 0 Å². The molecule has 1 nitrogen and oxygen atoms in total. The average molecular weight is 231 g/mol. The van der Waals surface area contributed by atoms with Gasteiger partial charge in [-0.15, -0.1) is 0 Å². The highest BCUT2D eigenvalue weighted by molar-refractivity contribution is 5.29. The van der Waals surface area contributed by atoms with Gasteiger partial charge >= 0.3 is 0 Å². The lowest BCUT2D eigenvalue weighted by atomic mass is 9.78. The predicted octanol–water partition coefficient (Wildman–Crippen LogP) is 4.25. The molecule has 0 radical (unpaired) electrons. The molecule has 1 aromatic carbocycles. The molecule has 2 unspecified atom stereocenters. The van der Waals surface area contributed by atoms with Crippen LogP contribution in [0.2, 0.25) is 0 Å². The van der Waals surface area contributed by atoms with Gasteiger partial charge in [-0.3, -0.25) is 0 Å². The van der Waals surface area contributed by atoms with Gasteiger partial charge in [-0.1, -0.05) is 51.5 Å². The van der Waals surface area contributed by atoms with Crippen LogP contribution in [0, 0.1) is 11.8 Å². The minimum Gasteiger partial charge on any atom is -0.324 e. The van der Waals surface area contributed by atoms with E-state index in [1.807, 2.05) is 0 Å². The van der Waals surface area contributed by atoms with Gasteiger partial charge in [0.25, 0.3) is 0 Å². The summed E-state index contributed by atoms with van der Waals surface area (Å²) < 4.78 is 0. The van der Waals surface area contributed by atoms with E-state index in [-0.39, 0.29) is 6.04 Å². The normalized spacial score (nSPS) is 20.1. The van der Waals surface area contributed by atoms with E-state index in [1.165, 1.54) is 30.4 Å². The Morgan fingerprint density at radius 2 is 1.88 bits per heavy atom. The van der Waals surface area contributed by atoms with Crippen LogP contribution in [0.5, 0.6) is 0 Å². The fourth-order valence-corrected chi connectivity index (χ4v) is 2.48. The summed E-state index contributed by atoms with van der Waals surface area (Å²) in [5.41, 5.74) is 9.18. The molecule has 94 valence electrons. The van der Waals surface area contributed by atoms with Crippen LogP contribution in [0.3, 0.4) is 0 Å². The highest BCUT2D eigenvalue weighted by atomic mass is 14.6. The van der Waals surface area contributed by atoms with Gasteiger partial charge in [0, 0.05) is 6.04 Å². The highest BCUT2D eigenvalue weighted by Crippen LogP contribution is 2.37. The molecule has 0 saturated heterocycles. The maximum atomic E-state index is 6.37. The number of rotatable bonds is 4. The number of hydrogen-bond donors (Lipinski definition) is 1. The molecular weight excluding hydrogens is 206 g/mol. The molecule has 0 amide bonds. The van der Waals surface area contributed by atoms with E-state index in [4.69, 9.17) is 5.73 Å². The number of nitrogens with two attached hydrogens (primary N) is 1. The minimum absolute atomic E-state index is 0.176. The van der Waals surface area contributed by atoms with Gasteiger partial charge < -0.3 is 5.73 Å². The van der Waals surface area contributed by atoms with Crippen molar-refractivity contribution in [2.24, 2.45) is 17.6 Å². The van der Waals surface area contributed by atoms with Crippen molar-refractivity contribution in [2.45, 2.75) is 52.0 Å². The molecule has 1 aliphatic rings. The Balaban J connectivity index is 2.14. The largest absolute Gasteiger partial charge is 0.324 e. The molecule has 0 spiro atoms. The zero-order chi connectivity index (χ0) is 12.4. The van der Waals surface area contributed by atoms with Crippen LogP contribution in [0.1, 0.15) is 63.1 Å². The third kappa shape index (κ3) is 2.71. The van der Waals surface area contributed by atoms with E-state index in [9.17, 15) is 0 Å². The second kappa shape index (κ2) is 5.22. The summed E-state index contributed by atoms with van der Waals surface area (Å²) >= 11 is 0. The van der Waals surface area contributed by atoms with Crippen molar-refractivity contribution in [3.05, 3.63) is 35.4 Å². The molecular formula is C16H25N. The van der Waals surface area contributed by atoms with Crippen LogP contribution < -0.4 is 5.73 Å². The predicted molar refractivity (Wildman–Crippen MR) is 74.0 cm³/mol. The van der Waals surface area contributed by atoms with Crippen LogP contribution in [-0.2, 0) is 0 Å². The van der Waals surface area contributed by atoms with Crippen molar-refractivity contribution < 1.29 is 0 Å². The fraction of sp³-hybridized carbons (Fsp3) is 0.625. The first-order valence-corrected chi connectivity index (χ1v) is 6.95. The van der Waals surface area contributed by atoms with Crippen LogP contribution in [0.25, 0.3) is 0 Å². The zero-order valence-corrected chi connectivity index (χ0v) is 11.3. The molecule has 2 atom stereocenters. The standard InChI is InChI=1S/C16H25N/c1-11(2)12(3)16(17)15-9-5-8-14(10-15)13-6-4-7-13/h5,8-13,16H,4,6-7,17H2,1-3H3. The Bertz CT molecular complexity index is 366. The Labute approximate surface area is 105 Å². The molecule has 1 fully saturated rings. The molecule has 1 heteroatoms. The van der Waals surface area contributed by atoms with Crippen molar-refractivity contribution in [3.63, 3.8) is 0 Å². The lowest BCUT2D eigenvalue weighted by Crippen LogP contribution is -2.23. The molecule has 0 bridgehead atoms. The SMILES string of the molecule is CC(C)C(C)C(N)c1cccc(C2CCC2)c1. The van der Waals surface area contributed by atoms with Gasteiger partial charge in [-0.2, -0.15) is 0 Å². The first-order valence-electron chi connectivity index (χ1n) is 6.95. The summed E-state index contributed by atoms with van der Waals surface area (Å²) in [6, 6.07) is 9.14. The van der Waals surface area contributed by atoms with Crippen molar-refractivity contribution in [2.75, 3.05) is 0 Å². The van der Waals surface area contributed by atoms with Crippen molar-refractivity contribution >= 4 is 0 Å². The summed E-state index contributed by atoms with van der Waals surface area (Å²) in [7, 11) is 0. The van der Waals surface area contributed by atoms with Crippen molar-refractivity contribution in [1.29, 1.82) is 0 Å². The van der Waals surface area contributed by atoms with Gasteiger partial charge in [-0.05, 0) is 41.7 Å². The second-order valence-corrected chi connectivity index (χ2v) is 5.93. The van der Waals surface area contributed by atoms with Gasteiger partial charge in [0.15, 0.2) is 0 Å². The zero-order valence-electron chi connectivity index (χ0n) is 11.3. The molecule has 2 rings (SSSR count). The second-order valence-electron chi connectivity index (χ2n) is 5.93. The van der Waals surface area contributed by atoms with Gasteiger partial charge in [-0.25, -0.2) is 0 Å². The number of benzene rings is 1. The smallest absolute Gasteiger partial charge is 0.0323 e. The maximum absolute atomic E-state index is 6.37. The molecule has 1 aliphatic carbocycles. The molecule has 0 aromatic heterocycles. The topological polar surface area (TPSA) is 26.0 Å². The lowest BCUT2D eigenvalue weighted by Gasteiger charge is -2.28. The monoisotopic (exact) mass is 231 g/mol. The first-order chi connectivity index (χ1) is 8.09. The minimum atomic E-state index is 0.176. The van der Waals surface area contributed by atoms with E-state index >= 15 is 0 Å². The Morgan fingerprint density at radius 1 is 1.18 bits per heavy atom. The van der Waals surface area contributed by atoms with Gasteiger partial charge in [0.2, 0.25) is 0 Å². The van der Waals surface area contributed by atoms with Crippen LogP contribution in [0.4, 0.5) is 0 Å². The quantitative estimate of drug-likeness (QED) is 0.824. The Kier molecular flexibility index (Phi) is 3.88. The van der Waals surface area contributed by atoms with E-state index in [2.05, 4.69) is 45.0 Å². The third-order valence-electron chi connectivity index (χ3n) is 4.49. The molecule has 0 aliphatic heterocycles. The first kappa shape index (κ1) is 12.6. The number of hydrogen-bond acceptors (Lipinski definition) is 1. The highest BCUT2D eigenvalue weighted by Gasteiger charge is 2.22.